The smallest absolute Gasteiger partial charge is 0.291 e. The van der Waals surface area contributed by atoms with Gasteiger partial charge in [-0.25, -0.2) is 4.98 Å². The Morgan fingerprint density at radius 2 is 1.90 bits per heavy atom. The number of nitrogens with zero attached hydrogens (tertiary/aromatic N) is 3. The Hall–Kier alpha value is -3.67. The highest BCUT2D eigenvalue weighted by Gasteiger charge is 2.27. The summed E-state index contributed by atoms with van der Waals surface area (Å²) in [4.78, 5) is 45.1. The number of anilines is 2. The molecule has 2 aliphatic rings. The number of imidazole rings is 1. The Kier molecular flexibility index (Phi) is 5.48. The fraction of sp³-hybridized carbons (Fsp3) is 0.381. The van der Waals surface area contributed by atoms with Crippen molar-refractivity contribution in [3.05, 3.63) is 41.5 Å². The molecule has 0 bridgehead atoms. The van der Waals surface area contributed by atoms with Gasteiger partial charge in [-0.2, -0.15) is 5.26 Å². The van der Waals surface area contributed by atoms with Crippen LogP contribution in [0.1, 0.15) is 59.9 Å². The van der Waals surface area contributed by atoms with Gasteiger partial charge in [-0.1, -0.05) is 6.07 Å². The molecular weight excluding hydrogens is 384 g/mol. The number of rotatable bonds is 4. The first-order chi connectivity index (χ1) is 14.5. The van der Waals surface area contributed by atoms with Gasteiger partial charge in [0.1, 0.15) is 11.8 Å². The van der Waals surface area contributed by atoms with E-state index in [4.69, 9.17) is 5.26 Å². The molecule has 2 saturated heterocycles. The maximum Gasteiger partial charge on any atom is 0.291 e. The molecule has 30 heavy (non-hydrogen) atoms. The standard InChI is InChI=1S/C21H22N6O3/c22-11-15-12-23-20(24-15)21(30)25-16-5-4-13(14-9-18(28)26-19(29)10-14)8-17(16)27-6-2-1-3-7-27/h4-5,8,12,14H,1-3,6-7,9-10H2,(H,23,24)(H,25,30)(H,26,28,29). The van der Waals surface area contributed by atoms with Crippen molar-refractivity contribution in [3.63, 3.8) is 0 Å². The fourth-order valence-electron chi connectivity index (χ4n) is 3.99. The van der Waals surface area contributed by atoms with E-state index in [1.807, 2.05) is 24.3 Å². The predicted octanol–water partition coefficient (Wildman–Crippen LogP) is 2.04. The lowest BCUT2D eigenvalue weighted by molar-refractivity contribution is -0.133. The van der Waals surface area contributed by atoms with E-state index in [0.717, 1.165) is 37.2 Å². The molecule has 0 atom stereocenters. The molecule has 0 aliphatic carbocycles. The molecule has 2 aromatic rings. The number of imide groups is 1. The Bertz CT molecular complexity index is 1020. The third-order valence-electron chi connectivity index (χ3n) is 5.49. The number of amides is 3. The average molecular weight is 406 g/mol. The molecule has 0 saturated carbocycles. The number of carbonyl (C=O) groups is 3. The summed E-state index contributed by atoms with van der Waals surface area (Å²) >= 11 is 0. The van der Waals surface area contributed by atoms with Crippen molar-refractivity contribution in [1.29, 1.82) is 5.26 Å². The van der Waals surface area contributed by atoms with Gasteiger partial charge in [0.15, 0.2) is 5.82 Å². The lowest BCUT2D eigenvalue weighted by Crippen LogP contribution is -2.37. The first-order valence-electron chi connectivity index (χ1n) is 10.0. The zero-order chi connectivity index (χ0) is 21.1. The first-order valence-corrected chi connectivity index (χ1v) is 10.0. The lowest BCUT2D eigenvalue weighted by Gasteiger charge is -2.32. The van der Waals surface area contributed by atoms with E-state index in [0.29, 0.717) is 5.69 Å². The average Bonchev–Trinajstić information content (AvgIpc) is 3.23. The molecule has 0 unspecified atom stereocenters. The molecule has 2 aliphatic heterocycles. The van der Waals surface area contributed by atoms with Crippen LogP contribution in [0, 0.1) is 11.3 Å². The Balaban J connectivity index is 1.63. The minimum atomic E-state index is -0.435. The van der Waals surface area contributed by atoms with Crippen LogP contribution in [-0.2, 0) is 9.59 Å². The number of piperidine rings is 2. The Morgan fingerprint density at radius 1 is 1.17 bits per heavy atom. The molecule has 2 fully saturated rings. The van der Waals surface area contributed by atoms with Gasteiger partial charge < -0.3 is 15.2 Å². The second kappa shape index (κ2) is 8.37. The van der Waals surface area contributed by atoms with Crippen molar-refractivity contribution < 1.29 is 14.4 Å². The highest BCUT2D eigenvalue weighted by Crippen LogP contribution is 2.35. The summed E-state index contributed by atoms with van der Waals surface area (Å²) in [6.07, 6.45) is 5.13. The molecule has 1 aromatic heterocycles. The van der Waals surface area contributed by atoms with Crippen LogP contribution in [-0.4, -0.2) is 40.8 Å². The summed E-state index contributed by atoms with van der Waals surface area (Å²) in [5.41, 5.74) is 2.62. The second-order valence-electron chi connectivity index (χ2n) is 7.61. The van der Waals surface area contributed by atoms with Crippen LogP contribution in [0.4, 0.5) is 11.4 Å². The fourth-order valence-corrected chi connectivity index (χ4v) is 3.99. The number of hydrogen-bond donors (Lipinski definition) is 3. The van der Waals surface area contributed by atoms with Gasteiger partial charge in [-0.3, -0.25) is 19.7 Å². The van der Waals surface area contributed by atoms with Gasteiger partial charge in [0, 0.05) is 31.8 Å². The number of H-pyrrole nitrogens is 1. The monoisotopic (exact) mass is 406 g/mol. The number of benzene rings is 1. The van der Waals surface area contributed by atoms with Gasteiger partial charge in [0.05, 0.1) is 17.6 Å². The van der Waals surface area contributed by atoms with E-state index in [2.05, 4.69) is 25.5 Å². The molecule has 154 valence electrons. The van der Waals surface area contributed by atoms with Crippen LogP contribution in [0.2, 0.25) is 0 Å². The number of carbonyl (C=O) groups excluding carboxylic acids is 3. The van der Waals surface area contributed by atoms with E-state index < -0.39 is 5.91 Å². The minimum Gasteiger partial charge on any atom is -0.370 e. The topological polar surface area (TPSA) is 131 Å². The summed E-state index contributed by atoms with van der Waals surface area (Å²) < 4.78 is 0. The van der Waals surface area contributed by atoms with Crippen LogP contribution in [0.25, 0.3) is 0 Å². The lowest BCUT2D eigenvalue weighted by atomic mass is 9.88. The van der Waals surface area contributed by atoms with Crippen LogP contribution in [0.15, 0.2) is 24.4 Å². The SMILES string of the molecule is N#Cc1cnc(C(=O)Nc2ccc(C3CC(=O)NC(=O)C3)cc2N2CCCCC2)[nH]1. The third kappa shape index (κ3) is 4.17. The second-order valence-corrected chi connectivity index (χ2v) is 7.61. The van der Waals surface area contributed by atoms with Crippen molar-refractivity contribution in [2.24, 2.45) is 0 Å². The molecule has 4 rings (SSSR count). The number of nitrogens with one attached hydrogen (secondary N) is 3. The van der Waals surface area contributed by atoms with E-state index in [1.54, 1.807) is 0 Å². The molecule has 9 heteroatoms. The summed E-state index contributed by atoms with van der Waals surface area (Å²) in [6, 6.07) is 7.54. The van der Waals surface area contributed by atoms with E-state index >= 15 is 0 Å². The minimum absolute atomic E-state index is 0.0646. The van der Waals surface area contributed by atoms with Crippen LogP contribution in [0.3, 0.4) is 0 Å². The molecule has 0 spiro atoms. The number of aromatic amines is 1. The van der Waals surface area contributed by atoms with Crippen LogP contribution >= 0.6 is 0 Å². The summed E-state index contributed by atoms with van der Waals surface area (Å²) in [7, 11) is 0. The number of nitriles is 1. The van der Waals surface area contributed by atoms with Crippen LogP contribution < -0.4 is 15.5 Å². The molecule has 9 nitrogen and oxygen atoms in total. The van der Waals surface area contributed by atoms with E-state index in [9.17, 15) is 14.4 Å². The normalized spacial score (nSPS) is 17.4. The molecular formula is C21H22N6O3. The largest absolute Gasteiger partial charge is 0.370 e. The van der Waals surface area contributed by atoms with Crippen molar-refractivity contribution in [3.8, 4) is 6.07 Å². The molecule has 3 amide bonds. The van der Waals surface area contributed by atoms with Gasteiger partial charge >= 0.3 is 0 Å². The van der Waals surface area contributed by atoms with Crippen molar-refractivity contribution >= 4 is 29.1 Å². The highest BCUT2D eigenvalue weighted by atomic mass is 16.2. The van der Waals surface area contributed by atoms with Gasteiger partial charge in [0.2, 0.25) is 11.8 Å². The maximum absolute atomic E-state index is 12.6. The highest BCUT2D eigenvalue weighted by molar-refractivity contribution is 6.04. The van der Waals surface area contributed by atoms with E-state index in [-0.39, 0.29) is 42.1 Å². The zero-order valence-electron chi connectivity index (χ0n) is 16.4. The summed E-state index contributed by atoms with van der Waals surface area (Å²) in [5.74, 6) is -1.08. The number of aromatic nitrogens is 2. The van der Waals surface area contributed by atoms with Crippen molar-refractivity contribution in [2.45, 2.75) is 38.0 Å². The summed E-state index contributed by atoms with van der Waals surface area (Å²) in [5, 5.41) is 14.1. The Morgan fingerprint density at radius 3 is 2.57 bits per heavy atom. The number of hydrogen-bond acceptors (Lipinski definition) is 6. The first kappa shape index (κ1) is 19.6. The van der Waals surface area contributed by atoms with Crippen molar-refractivity contribution in [2.75, 3.05) is 23.3 Å². The molecule has 1 aromatic carbocycles. The molecule has 3 heterocycles. The van der Waals surface area contributed by atoms with Crippen LogP contribution in [0.5, 0.6) is 0 Å². The van der Waals surface area contributed by atoms with Crippen molar-refractivity contribution in [1.82, 2.24) is 15.3 Å². The zero-order valence-corrected chi connectivity index (χ0v) is 16.4. The molecule has 0 radical (unpaired) electrons. The maximum atomic E-state index is 12.6. The molecule has 3 N–H and O–H groups in total. The third-order valence-corrected chi connectivity index (χ3v) is 5.49. The predicted molar refractivity (Wildman–Crippen MR) is 109 cm³/mol. The Labute approximate surface area is 173 Å². The summed E-state index contributed by atoms with van der Waals surface area (Å²) in [6.45, 7) is 1.74. The van der Waals surface area contributed by atoms with Gasteiger partial charge in [-0.05, 0) is 37.0 Å². The quantitative estimate of drug-likeness (QED) is 0.666. The van der Waals surface area contributed by atoms with E-state index in [1.165, 1.54) is 12.6 Å². The van der Waals surface area contributed by atoms with Gasteiger partial charge in [-0.15, -0.1) is 0 Å². The van der Waals surface area contributed by atoms with Gasteiger partial charge in [0.25, 0.3) is 5.91 Å².